The van der Waals surface area contributed by atoms with E-state index >= 15 is 0 Å². The second kappa shape index (κ2) is 6.05. The van der Waals surface area contributed by atoms with Crippen LogP contribution in [0, 0.1) is 5.53 Å². The van der Waals surface area contributed by atoms with Crippen molar-refractivity contribution in [1.82, 2.24) is 4.98 Å². The Bertz CT molecular complexity index is 647. The summed E-state index contributed by atoms with van der Waals surface area (Å²) in [7, 11) is 0. The molecule has 0 spiro atoms. The van der Waals surface area contributed by atoms with Crippen LogP contribution in [0.3, 0.4) is 0 Å². The van der Waals surface area contributed by atoms with Gasteiger partial charge in [-0.2, -0.15) is 0 Å². The number of rotatable bonds is 4. The molecule has 20 heavy (non-hydrogen) atoms. The van der Waals surface area contributed by atoms with Crippen LogP contribution in [-0.2, 0) is 0 Å². The Balaban J connectivity index is 2.22. The lowest BCUT2D eigenvalue weighted by Crippen LogP contribution is -2.09. The highest BCUT2D eigenvalue weighted by atomic mass is 16.3. The van der Waals surface area contributed by atoms with Gasteiger partial charge < -0.3 is 15.5 Å². The largest absolute Gasteiger partial charge is 0.494 e. The number of aromatic amines is 1. The van der Waals surface area contributed by atoms with Crippen LogP contribution in [-0.4, -0.2) is 27.7 Å². The van der Waals surface area contributed by atoms with Gasteiger partial charge in [-0.05, 0) is 24.6 Å². The highest BCUT2D eigenvalue weighted by molar-refractivity contribution is 5.99. The van der Waals surface area contributed by atoms with Crippen LogP contribution in [0.1, 0.15) is 19.8 Å². The molecule has 106 valence electrons. The fourth-order valence-electron chi connectivity index (χ4n) is 1.85. The Morgan fingerprint density at radius 3 is 2.75 bits per heavy atom. The van der Waals surface area contributed by atoms with Crippen LogP contribution in [0.2, 0.25) is 0 Å². The number of H-pyrrole nitrogens is 1. The smallest absolute Gasteiger partial charge is 0.241 e. The number of hydrogen-bond donors (Lipinski definition) is 5. The van der Waals surface area contributed by atoms with Gasteiger partial charge in [0, 0.05) is 23.0 Å². The molecule has 0 fully saturated rings. The maximum absolute atomic E-state index is 9.65. The number of guanidine groups is 1. The van der Waals surface area contributed by atoms with Gasteiger partial charge in [0.05, 0.1) is 0 Å². The van der Waals surface area contributed by atoms with E-state index < -0.39 is 0 Å². The minimum Gasteiger partial charge on any atom is -0.494 e. The topological polar surface area (TPSA) is 117 Å². The summed E-state index contributed by atoms with van der Waals surface area (Å²) in [4.78, 5) is 6.61. The molecule has 1 heterocycles. The summed E-state index contributed by atoms with van der Waals surface area (Å²) in [6.07, 6.45) is 1.96. The van der Waals surface area contributed by atoms with Crippen LogP contribution in [0.25, 0.3) is 10.8 Å². The molecule has 7 nitrogen and oxygen atoms in total. The molecule has 2 rings (SSSR count). The van der Waals surface area contributed by atoms with E-state index in [0.29, 0.717) is 23.0 Å². The SMILES string of the molecule is CCCCN=C(N=N)Nc1ccc2c(O)[nH]c(O)c2c1. The van der Waals surface area contributed by atoms with Crippen molar-refractivity contribution < 1.29 is 10.2 Å². The molecule has 0 saturated heterocycles. The third kappa shape index (κ3) is 2.87. The second-order valence-electron chi connectivity index (χ2n) is 4.38. The van der Waals surface area contributed by atoms with Gasteiger partial charge >= 0.3 is 0 Å². The second-order valence-corrected chi connectivity index (χ2v) is 4.38. The lowest BCUT2D eigenvalue weighted by atomic mass is 10.2. The van der Waals surface area contributed by atoms with Crippen molar-refractivity contribution in [1.29, 1.82) is 5.53 Å². The molecule has 2 aromatic rings. The normalized spacial score (nSPS) is 11.8. The summed E-state index contributed by atoms with van der Waals surface area (Å²) in [5.74, 6) is 0.0385. The molecular formula is C13H17N5O2. The molecule has 0 saturated carbocycles. The maximum atomic E-state index is 9.65. The van der Waals surface area contributed by atoms with Gasteiger partial charge in [0.1, 0.15) is 0 Å². The van der Waals surface area contributed by atoms with E-state index in [0.717, 1.165) is 12.8 Å². The van der Waals surface area contributed by atoms with Crippen molar-refractivity contribution in [3.63, 3.8) is 0 Å². The van der Waals surface area contributed by atoms with E-state index in [4.69, 9.17) is 5.53 Å². The third-order valence-corrected chi connectivity index (χ3v) is 2.90. The molecule has 7 heteroatoms. The first kappa shape index (κ1) is 13.9. The zero-order valence-electron chi connectivity index (χ0n) is 11.1. The van der Waals surface area contributed by atoms with E-state index in [1.54, 1.807) is 18.2 Å². The zero-order valence-corrected chi connectivity index (χ0v) is 11.1. The number of anilines is 1. The van der Waals surface area contributed by atoms with Crippen molar-refractivity contribution in [2.45, 2.75) is 19.8 Å². The zero-order chi connectivity index (χ0) is 14.5. The molecule has 0 aliphatic carbocycles. The average molecular weight is 275 g/mol. The van der Waals surface area contributed by atoms with Crippen molar-refractivity contribution >= 4 is 22.4 Å². The number of nitrogens with one attached hydrogen (secondary N) is 3. The van der Waals surface area contributed by atoms with Gasteiger partial charge in [-0.1, -0.05) is 13.3 Å². The fourth-order valence-corrected chi connectivity index (χ4v) is 1.85. The average Bonchev–Trinajstić information content (AvgIpc) is 2.73. The predicted molar refractivity (Wildman–Crippen MR) is 77.6 cm³/mol. The van der Waals surface area contributed by atoms with Crippen molar-refractivity contribution in [2.75, 3.05) is 11.9 Å². The van der Waals surface area contributed by atoms with Gasteiger partial charge in [-0.25, -0.2) is 10.5 Å². The fraction of sp³-hybridized carbons (Fsp3) is 0.308. The molecular weight excluding hydrogens is 258 g/mol. The van der Waals surface area contributed by atoms with E-state index in [9.17, 15) is 10.2 Å². The lowest BCUT2D eigenvalue weighted by molar-refractivity contribution is 0.429. The van der Waals surface area contributed by atoms with Gasteiger partial charge in [0.25, 0.3) is 0 Å². The van der Waals surface area contributed by atoms with Crippen molar-refractivity contribution in [2.24, 2.45) is 10.1 Å². The Kier molecular flexibility index (Phi) is 4.19. The summed E-state index contributed by atoms with van der Waals surface area (Å²) >= 11 is 0. The number of hydrogen-bond acceptors (Lipinski definition) is 4. The summed E-state index contributed by atoms with van der Waals surface area (Å²) < 4.78 is 0. The molecule has 0 bridgehead atoms. The van der Waals surface area contributed by atoms with Crippen LogP contribution in [0.4, 0.5) is 5.69 Å². The molecule has 0 aliphatic rings. The lowest BCUT2D eigenvalue weighted by Gasteiger charge is -2.05. The quantitative estimate of drug-likeness (QED) is 0.255. The van der Waals surface area contributed by atoms with E-state index in [1.807, 2.05) is 0 Å². The Labute approximate surface area is 115 Å². The molecule has 5 N–H and O–H groups in total. The summed E-state index contributed by atoms with van der Waals surface area (Å²) in [5, 5.41) is 26.4. The van der Waals surface area contributed by atoms with E-state index in [2.05, 4.69) is 27.3 Å². The summed E-state index contributed by atoms with van der Waals surface area (Å²) in [6, 6.07) is 5.04. The van der Waals surface area contributed by atoms with Crippen molar-refractivity contribution in [3.05, 3.63) is 18.2 Å². The molecule has 0 amide bonds. The highest BCUT2D eigenvalue weighted by Crippen LogP contribution is 2.33. The monoisotopic (exact) mass is 275 g/mol. The van der Waals surface area contributed by atoms with Gasteiger partial charge in [0.2, 0.25) is 5.96 Å². The molecule has 0 atom stereocenters. The van der Waals surface area contributed by atoms with E-state index in [-0.39, 0.29) is 17.7 Å². The molecule has 1 aromatic carbocycles. The number of aliphatic imine (C=N–C) groups is 1. The Morgan fingerprint density at radius 2 is 2.05 bits per heavy atom. The Hall–Kier alpha value is -2.57. The minimum absolute atomic E-state index is 0.0777. The molecule has 0 radical (unpaired) electrons. The number of unbranched alkanes of at least 4 members (excludes halogenated alkanes) is 1. The first-order chi connectivity index (χ1) is 9.65. The molecule has 1 aromatic heterocycles. The first-order valence-electron chi connectivity index (χ1n) is 6.38. The van der Waals surface area contributed by atoms with Gasteiger partial charge in [-0.15, -0.1) is 5.11 Å². The number of aromatic hydroxyl groups is 2. The predicted octanol–water partition coefficient (Wildman–Crippen LogP) is 3.18. The first-order valence-corrected chi connectivity index (χ1v) is 6.38. The summed E-state index contributed by atoms with van der Waals surface area (Å²) in [6.45, 7) is 2.68. The number of nitrogens with zero attached hydrogens (tertiary/aromatic N) is 2. The highest BCUT2D eigenvalue weighted by Gasteiger charge is 2.09. The third-order valence-electron chi connectivity index (χ3n) is 2.90. The van der Waals surface area contributed by atoms with E-state index in [1.165, 1.54) is 0 Å². The number of aromatic nitrogens is 1. The maximum Gasteiger partial charge on any atom is 0.241 e. The van der Waals surface area contributed by atoms with Gasteiger partial charge in [-0.3, -0.25) is 4.98 Å². The van der Waals surface area contributed by atoms with Crippen LogP contribution >= 0.6 is 0 Å². The van der Waals surface area contributed by atoms with Crippen LogP contribution in [0.15, 0.2) is 28.3 Å². The van der Waals surface area contributed by atoms with Gasteiger partial charge in [0.15, 0.2) is 11.8 Å². The number of fused-ring (bicyclic) bond motifs is 1. The minimum atomic E-state index is -0.103. The standard InChI is InChI=1S/C13H17N5O2/c1-2-3-6-15-13(18-14)16-8-4-5-9-10(7-8)12(20)17-11(9)19/h4-5,7,14,17,19-20H,2-3,6H2,1H3,(H,15,16). The molecule has 0 aliphatic heterocycles. The van der Waals surface area contributed by atoms with Crippen LogP contribution in [0.5, 0.6) is 11.8 Å². The Morgan fingerprint density at radius 1 is 1.30 bits per heavy atom. The summed E-state index contributed by atoms with van der Waals surface area (Å²) in [5.41, 5.74) is 7.73. The van der Waals surface area contributed by atoms with Crippen LogP contribution < -0.4 is 5.32 Å². The number of benzene rings is 1. The molecule has 0 unspecified atom stereocenters. The van der Waals surface area contributed by atoms with Crippen molar-refractivity contribution in [3.8, 4) is 11.8 Å².